The van der Waals surface area contributed by atoms with Crippen molar-refractivity contribution < 1.29 is 0 Å². The van der Waals surface area contributed by atoms with E-state index in [9.17, 15) is 0 Å². The van der Waals surface area contributed by atoms with Gasteiger partial charge in [0.2, 0.25) is 0 Å². The number of rotatable bonds is 10. The minimum Gasteiger partial charge on any atom is -0.346 e. The highest BCUT2D eigenvalue weighted by Gasteiger charge is 2.18. The summed E-state index contributed by atoms with van der Waals surface area (Å²) in [6.45, 7) is 4.64. The molecule has 2 nitrogen and oxygen atoms in total. The van der Waals surface area contributed by atoms with Crippen molar-refractivity contribution >= 4 is 0 Å². The quantitative estimate of drug-likeness (QED) is 0.558. The zero-order valence-corrected chi connectivity index (χ0v) is 14.2. The molecule has 1 aliphatic rings. The van der Waals surface area contributed by atoms with Crippen LogP contribution in [0.15, 0.2) is 0 Å². The summed E-state index contributed by atoms with van der Waals surface area (Å²) < 4.78 is 0. The van der Waals surface area contributed by atoms with E-state index >= 15 is 0 Å². The van der Waals surface area contributed by atoms with Crippen molar-refractivity contribution in [2.75, 3.05) is 0 Å². The molecule has 120 valence electrons. The molecule has 1 atom stereocenters. The second kappa shape index (κ2) is 9.27. The maximum absolute atomic E-state index is 4.80. The Morgan fingerprint density at radius 1 is 1.00 bits per heavy atom. The highest BCUT2D eigenvalue weighted by atomic mass is 14.9. The van der Waals surface area contributed by atoms with E-state index < -0.39 is 0 Å². The van der Waals surface area contributed by atoms with E-state index in [1.807, 2.05) is 0 Å². The van der Waals surface area contributed by atoms with E-state index in [0.29, 0.717) is 0 Å². The van der Waals surface area contributed by atoms with Gasteiger partial charge >= 0.3 is 0 Å². The summed E-state index contributed by atoms with van der Waals surface area (Å²) in [7, 11) is 0. The van der Waals surface area contributed by atoms with Crippen molar-refractivity contribution in [3.05, 3.63) is 17.2 Å². The fourth-order valence-corrected chi connectivity index (χ4v) is 3.44. The maximum Gasteiger partial charge on any atom is 0.106 e. The average molecular weight is 290 g/mol. The summed E-state index contributed by atoms with van der Waals surface area (Å²) in [5.74, 6) is 2.08. The summed E-state index contributed by atoms with van der Waals surface area (Å²) in [5, 5.41) is 0. The second-order valence-electron chi connectivity index (χ2n) is 7.04. The van der Waals surface area contributed by atoms with E-state index in [4.69, 9.17) is 4.98 Å². The van der Waals surface area contributed by atoms with Crippen LogP contribution in [0.3, 0.4) is 0 Å². The molecule has 1 aromatic rings. The molecule has 1 aromatic heterocycles. The van der Waals surface area contributed by atoms with Crippen molar-refractivity contribution in [2.45, 2.75) is 97.3 Å². The molecule has 0 aliphatic heterocycles. The molecule has 0 saturated heterocycles. The molecule has 0 aromatic carbocycles. The summed E-state index contributed by atoms with van der Waals surface area (Å²) in [6.07, 6.45) is 17.5. The first-order chi connectivity index (χ1) is 10.3. The van der Waals surface area contributed by atoms with E-state index in [0.717, 1.165) is 12.3 Å². The molecular formula is C19H34N2. The molecule has 1 aliphatic carbocycles. The van der Waals surface area contributed by atoms with Crippen LogP contribution in [-0.2, 0) is 19.3 Å². The summed E-state index contributed by atoms with van der Waals surface area (Å²) >= 11 is 0. The van der Waals surface area contributed by atoms with Gasteiger partial charge < -0.3 is 4.98 Å². The molecule has 0 saturated carbocycles. The Kier molecular flexibility index (Phi) is 7.32. The number of aromatic amines is 1. The topological polar surface area (TPSA) is 28.7 Å². The largest absolute Gasteiger partial charge is 0.346 e. The fourth-order valence-electron chi connectivity index (χ4n) is 3.44. The number of imidazole rings is 1. The van der Waals surface area contributed by atoms with Gasteiger partial charge in [-0.2, -0.15) is 0 Å². The van der Waals surface area contributed by atoms with Gasteiger partial charge in [-0.3, -0.25) is 0 Å². The van der Waals surface area contributed by atoms with Gasteiger partial charge in [-0.1, -0.05) is 65.2 Å². The van der Waals surface area contributed by atoms with Crippen LogP contribution >= 0.6 is 0 Å². The maximum atomic E-state index is 4.80. The third-order valence-corrected chi connectivity index (χ3v) is 4.86. The van der Waals surface area contributed by atoms with Crippen LogP contribution in [0.2, 0.25) is 0 Å². The summed E-state index contributed by atoms with van der Waals surface area (Å²) in [5.41, 5.74) is 2.79. The number of nitrogens with zero attached hydrogens (tertiary/aromatic N) is 1. The first-order valence-electron chi connectivity index (χ1n) is 9.36. The number of hydrogen-bond acceptors (Lipinski definition) is 1. The third-order valence-electron chi connectivity index (χ3n) is 4.86. The fraction of sp³-hybridized carbons (Fsp3) is 0.842. The van der Waals surface area contributed by atoms with Gasteiger partial charge in [0.25, 0.3) is 0 Å². The molecule has 1 N–H and O–H groups in total. The first kappa shape index (κ1) is 16.6. The lowest BCUT2D eigenvalue weighted by molar-refractivity contribution is 0.492. The predicted octanol–water partition coefficient (Wildman–Crippen LogP) is 5.61. The van der Waals surface area contributed by atoms with Gasteiger partial charge in [-0.25, -0.2) is 4.98 Å². The summed E-state index contributed by atoms with van der Waals surface area (Å²) in [6, 6.07) is 0. The standard InChI is InChI=1S/C19H34N2/c1-3-4-5-6-7-8-9-10-11-12-19-20-17-14-13-16(2)15-18(17)21-19/h16H,3-15H2,1-2H3,(H,20,21). The molecule has 0 spiro atoms. The van der Waals surface area contributed by atoms with Gasteiger partial charge in [-0.05, 0) is 31.6 Å². The number of nitrogens with one attached hydrogen (secondary N) is 1. The molecule has 21 heavy (non-hydrogen) atoms. The summed E-state index contributed by atoms with van der Waals surface area (Å²) in [4.78, 5) is 8.38. The third kappa shape index (κ3) is 5.84. The van der Waals surface area contributed by atoms with Crippen LogP contribution in [0.5, 0.6) is 0 Å². The molecule has 0 amide bonds. The van der Waals surface area contributed by atoms with Crippen LogP contribution in [-0.4, -0.2) is 9.97 Å². The number of H-pyrrole nitrogens is 1. The zero-order chi connectivity index (χ0) is 14.9. The monoisotopic (exact) mass is 290 g/mol. The number of aryl methyl sites for hydroxylation is 2. The average Bonchev–Trinajstić information content (AvgIpc) is 2.87. The molecule has 1 unspecified atom stereocenters. The number of hydrogen-bond donors (Lipinski definition) is 1. The van der Waals surface area contributed by atoms with E-state index in [1.165, 1.54) is 94.3 Å². The van der Waals surface area contributed by atoms with Crippen LogP contribution in [0, 0.1) is 5.92 Å². The molecule has 2 rings (SSSR count). The molecule has 0 radical (unpaired) electrons. The Labute approximate surface area is 131 Å². The molecule has 0 fully saturated rings. The Morgan fingerprint density at radius 3 is 2.38 bits per heavy atom. The van der Waals surface area contributed by atoms with Crippen molar-refractivity contribution in [1.29, 1.82) is 0 Å². The number of fused-ring (bicyclic) bond motifs is 1. The van der Waals surface area contributed by atoms with Gasteiger partial charge in [0, 0.05) is 12.1 Å². The van der Waals surface area contributed by atoms with Gasteiger partial charge in [0.15, 0.2) is 0 Å². The van der Waals surface area contributed by atoms with Gasteiger partial charge in [0.05, 0.1) is 5.69 Å². The highest BCUT2D eigenvalue weighted by molar-refractivity contribution is 5.18. The van der Waals surface area contributed by atoms with Crippen molar-refractivity contribution in [2.24, 2.45) is 5.92 Å². The smallest absolute Gasteiger partial charge is 0.106 e. The Hall–Kier alpha value is -0.790. The van der Waals surface area contributed by atoms with Gasteiger partial charge in [-0.15, -0.1) is 0 Å². The highest BCUT2D eigenvalue weighted by Crippen LogP contribution is 2.23. The molecule has 2 heteroatoms. The molecule has 0 bridgehead atoms. The minimum atomic E-state index is 0.832. The van der Waals surface area contributed by atoms with Crippen molar-refractivity contribution in [1.82, 2.24) is 9.97 Å². The SMILES string of the molecule is CCCCCCCCCCCc1nc2c([nH]1)CC(C)CC2. The van der Waals surface area contributed by atoms with Crippen LogP contribution in [0.25, 0.3) is 0 Å². The Balaban J connectivity index is 1.53. The Bertz CT molecular complexity index is 394. The van der Waals surface area contributed by atoms with E-state index in [1.54, 1.807) is 0 Å². The number of aromatic nitrogens is 2. The van der Waals surface area contributed by atoms with E-state index in [-0.39, 0.29) is 0 Å². The zero-order valence-electron chi connectivity index (χ0n) is 14.2. The predicted molar refractivity (Wildman–Crippen MR) is 90.7 cm³/mol. The van der Waals surface area contributed by atoms with Crippen LogP contribution in [0.1, 0.15) is 95.3 Å². The molecular weight excluding hydrogens is 256 g/mol. The first-order valence-corrected chi connectivity index (χ1v) is 9.36. The molecule has 1 heterocycles. The number of unbranched alkanes of at least 4 members (excludes halogenated alkanes) is 8. The lowest BCUT2D eigenvalue weighted by Gasteiger charge is -2.15. The van der Waals surface area contributed by atoms with Crippen LogP contribution < -0.4 is 0 Å². The second-order valence-corrected chi connectivity index (χ2v) is 7.04. The van der Waals surface area contributed by atoms with Crippen LogP contribution in [0.4, 0.5) is 0 Å². The van der Waals surface area contributed by atoms with Gasteiger partial charge in [0.1, 0.15) is 5.82 Å². The minimum absolute atomic E-state index is 0.832. The lowest BCUT2D eigenvalue weighted by Crippen LogP contribution is -2.10. The normalized spacial score (nSPS) is 17.9. The van der Waals surface area contributed by atoms with Crippen molar-refractivity contribution in [3.8, 4) is 0 Å². The Morgan fingerprint density at radius 2 is 1.67 bits per heavy atom. The van der Waals surface area contributed by atoms with Crippen molar-refractivity contribution in [3.63, 3.8) is 0 Å². The van der Waals surface area contributed by atoms with E-state index in [2.05, 4.69) is 18.8 Å². The lowest BCUT2D eigenvalue weighted by atomic mass is 9.92.